The summed E-state index contributed by atoms with van der Waals surface area (Å²) in [5.74, 6) is -0.412. The summed E-state index contributed by atoms with van der Waals surface area (Å²) in [5.41, 5.74) is -0.00746. The first kappa shape index (κ1) is 12.5. The van der Waals surface area contributed by atoms with E-state index in [1.165, 1.54) is 0 Å². The molecule has 0 atom stereocenters. The van der Waals surface area contributed by atoms with E-state index >= 15 is 0 Å². The zero-order valence-electron chi connectivity index (χ0n) is 9.24. The highest BCUT2D eigenvalue weighted by molar-refractivity contribution is 7.80. The van der Waals surface area contributed by atoms with E-state index in [4.69, 9.17) is 16.6 Å². The van der Waals surface area contributed by atoms with Gasteiger partial charge in [0.05, 0.1) is 18.5 Å². The molecule has 0 aliphatic carbocycles. The second kappa shape index (κ2) is 5.59. The second-order valence-electron chi connectivity index (χ2n) is 3.51. The topological polar surface area (TPSA) is 37.2 Å². The minimum absolute atomic E-state index is 0.00746. The van der Waals surface area contributed by atoms with E-state index in [0.717, 1.165) is 18.2 Å². The number of anilines is 1. The summed E-state index contributed by atoms with van der Waals surface area (Å²) in [6.07, 6.45) is 1.54. The van der Waals surface area contributed by atoms with Gasteiger partial charge in [-0.25, -0.2) is 8.78 Å². The lowest BCUT2D eigenvalue weighted by molar-refractivity contribution is 0.503. The number of halogens is 2. The average molecular weight is 268 g/mol. The fourth-order valence-electron chi connectivity index (χ4n) is 1.34. The van der Waals surface area contributed by atoms with Crippen LogP contribution in [0.5, 0.6) is 0 Å². The van der Waals surface area contributed by atoms with Crippen molar-refractivity contribution < 1.29 is 13.2 Å². The summed E-state index contributed by atoms with van der Waals surface area (Å²) >= 11 is 4.96. The Hall–Kier alpha value is -1.95. The molecule has 0 aliphatic heterocycles. The fraction of sp³-hybridized carbons (Fsp3) is 0.0833. The van der Waals surface area contributed by atoms with Gasteiger partial charge < -0.3 is 15.1 Å². The molecule has 1 aromatic carbocycles. The lowest BCUT2D eigenvalue weighted by Crippen LogP contribution is -2.28. The maximum atomic E-state index is 13.3. The van der Waals surface area contributed by atoms with Crippen molar-refractivity contribution >= 4 is 23.0 Å². The number of benzene rings is 1. The van der Waals surface area contributed by atoms with Gasteiger partial charge in [-0.2, -0.15) is 0 Å². The van der Waals surface area contributed by atoms with Gasteiger partial charge in [-0.15, -0.1) is 0 Å². The molecular formula is C12H10F2N2OS. The molecule has 6 heteroatoms. The Morgan fingerprint density at radius 2 is 2.11 bits per heavy atom. The van der Waals surface area contributed by atoms with Crippen molar-refractivity contribution in [3.63, 3.8) is 0 Å². The van der Waals surface area contributed by atoms with Crippen LogP contribution in [-0.4, -0.2) is 5.11 Å². The molecule has 2 aromatic rings. The molecule has 3 nitrogen and oxygen atoms in total. The highest BCUT2D eigenvalue weighted by Crippen LogP contribution is 2.15. The largest absolute Gasteiger partial charge is 0.467 e. The molecule has 94 valence electrons. The summed E-state index contributed by atoms with van der Waals surface area (Å²) < 4.78 is 31.3. The molecule has 2 rings (SSSR count). The quantitative estimate of drug-likeness (QED) is 0.839. The second-order valence-corrected chi connectivity index (χ2v) is 3.92. The lowest BCUT2D eigenvalue weighted by atomic mass is 10.3. The average Bonchev–Trinajstić information content (AvgIpc) is 2.84. The molecule has 0 radical (unpaired) electrons. The SMILES string of the molecule is Fc1ccc(F)c(NC(=S)NCc2ccco2)c1. The summed E-state index contributed by atoms with van der Waals surface area (Å²) in [4.78, 5) is 0. The van der Waals surface area contributed by atoms with Crippen molar-refractivity contribution in [3.8, 4) is 0 Å². The Balaban J connectivity index is 1.92. The van der Waals surface area contributed by atoms with Gasteiger partial charge in [0.15, 0.2) is 5.11 Å². The van der Waals surface area contributed by atoms with Crippen LogP contribution in [0.4, 0.5) is 14.5 Å². The Labute approximate surface area is 108 Å². The summed E-state index contributed by atoms with van der Waals surface area (Å²) in [6.45, 7) is 0.371. The van der Waals surface area contributed by atoms with Crippen molar-refractivity contribution in [1.29, 1.82) is 0 Å². The molecule has 2 N–H and O–H groups in total. The van der Waals surface area contributed by atoms with Gasteiger partial charge in [-0.1, -0.05) is 0 Å². The molecule has 0 saturated carbocycles. The number of thiocarbonyl (C=S) groups is 1. The first-order chi connectivity index (χ1) is 8.65. The van der Waals surface area contributed by atoms with Crippen LogP contribution in [0.25, 0.3) is 0 Å². The van der Waals surface area contributed by atoms with E-state index < -0.39 is 11.6 Å². The Kier molecular flexibility index (Phi) is 3.88. The number of hydrogen-bond donors (Lipinski definition) is 2. The van der Waals surface area contributed by atoms with Crippen molar-refractivity contribution in [3.05, 3.63) is 54.0 Å². The summed E-state index contributed by atoms with van der Waals surface area (Å²) in [7, 11) is 0. The minimum Gasteiger partial charge on any atom is -0.467 e. The third-order valence-electron chi connectivity index (χ3n) is 2.18. The first-order valence-electron chi connectivity index (χ1n) is 5.17. The predicted molar refractivity (Wildman–Crippen MR) is 68.1 cm³/mol. The Morgan fingerprint density at radius 3 is 2.83 bits per heavy atom. The van der Waals surface area contributed by atoms with E-state index in [-0.39, 0.29) is 10.8 Å². The third kappa shape index (κ3) is 3.27. The highest BCUT2D eigenvalue weighted by atomic mass is 32.1. The molecule has 0 fully saturated rings. The van der Waals surface area contributed by atoms with Gasteiger partial charge in [-0.3, -0.25) is 0 Å². The van der Waals surface area contributed by atoms with Gasteiger partial charge in [0.1, 0.15) is 17.4 Å². The van der Waals surface area contributed by atoms with Crippen LogP contribution in [0, 0.1) is 11.6 Å². The monoisotopic (exact) mass is 268 g/mol. The molecule has 18 heavy (non-hydrogen) atoms. The normalized spacial score (nSPS) is 10.1. The molecule has 1 aromatic heterocycles. The number of rotatable bonds is 3. The van der Waals surface area contributed by atoms with E-state index in [2.05, 4.69) is 10.6 Å². The van der Waals surface area contributed by atoms with Crippen molar-refractivity contribution in [2.45, 2.75) is 6.54 Å². The van der Waals surface area contributed by atoms with Crippen LogP contribution < -0.4 is 10.6 Å². The van der Waals surface area contributed by atoms with Gasteiger partial charge in [-0.05, 0) is 36.5 Å². The van der Waals surface area contributed by atoms with Gasteiger partial charge in [0.25, 0.3) is 0 Å². The minimum atomic E-state index is -0.571. The van der Waals surface area contributed by atoms with E-state index in [1.807, 2.05) is 0 Å². The highest BCUT2D eigenvalue weighted by Gasteiger charge is 2.05. The van der Waals surface area contributed by atoms with Crippen molar-refractivity contribution in [2.24, 2.45) is 0 Å². The van der Waals surface area contributed by atoms with E-state index in [9.17, 15) is 8.78 Å². The molecular weight excluding hydrogens is 258 g/mol. The van der Waals surface area contributed by atoms with Crippen LogP contribution in [0.1, 0.15) is 5.76 Å². The molecule has 0 bridgehead atoms. The zero-order chi connectivity index (χ0) is 13.0. The van der Waals surface area contributed by atoms with Crippen molar-refractivity contribution in [2.75, 3.05) is 5.32 Å². The van der Waals surface area contributed by atoms with Gasteiger partial charge in [0, 0.05) is 6.07 Å². The molecule has 0 saturated heterocycles. The van der Waals surface area contributed by atoms with E-state index in [1.54, 1.807) is 18.4 Å². The Morgan fingerprint density at radius 1 is 1.28 bits per heavy atom. The lowest BCUT2D eigenvalue weighted by Gasteiger charge is -2.10. The molecule has 0 unspecified atom stereocenters. The molecule has 1 heterocycles. The van der Waals surface area contributed by atoms with Gasteiger partial charge >= 0.3 is 0 Å². The number of furan rings is 1. The van der Waals surface area contributed by atoms with Crippen LogP contribution in [0.15, 0.2) is 41.0 Å². The maximum Gasteiger partial charge on any atom is 0.171 e. The van der Waals surface area contributed by atoms with Gasteiger partial charge in [0.2, 0.25) is 0 Å². The van der Waals surface area contributed by atoms with Crippen LogP contribution in [0.3, 0.4) is 0 Å². The number of hydrogen-bond acceptors (Lipinski definition) is 2. The Bertz CT molecular complexity index is 543. The van der Waals surface area contributed by atoms with Crippen molar-refractivity contribution in [1.82, 2.24) is 5.32 Å². The smallest absolute Gasteiger partial charge is 0.171 e. The zero-order valence-corrected chi connectivity index (χ0v) is 10.1. The van der Waals surface area contributed by atoms with Crippen LogP contribution >= 0.6 is 12.2 Å². The first-order valence-corrected chi connectivity index (χ1v) is 5.58. The maximum absolute atomic E-state index is 13.3. The molecule has 0 amide bonds. The molecule has 0 aliphatic rings. The summed E-state index contributed by atoms with van der Waals surface area (Å²) in [5, 5.41) is 5.59. The summed E-state index contributed by atoms with van der Waals surface area (Å²) in [6, 6.07) is 6.64. The standard InChI is InChI=1S/C12H10F2N2OS/c13-8-3-4-10(14)11(6-8)16-12(18)15-7-9-2-1-5-17-9/h1-6H,7H2,(H2,15,16,18). The molecule has 0 spiro atoms. The third-order valence-corrected chi connectivity index (χ3v) is 2.43. The van der Waals surface area contributed by atoms with E-state index in [0.29, 0.717) is 12.3 Å². The fourth-order valence-corrected chi connectivity index (χ4v) is 1.52. The number of nitrogens with one attached hydrogen (secondary N) is 2. The van der Waals surface area contributed by atoms with Crippen LogP contribution in [-0.2, 0) is 6.54 Å². The predicted octanol–water partition coefficient (Wildman–Crippen LogP) is 3.04. The van der Waals surface area contributed by atoms with Crippen LogP contribution in [0.2, 0.25) is 0 Å².